The van der Waals surface area contributed by atoms with Crippen LogP contribution in [0.25, 0.3) is 0 Å². The average Bonchev–Trinajstić information content (AvgIpc) is 2.60. The molecule has 23 heavy (non-hydrogen) atoms. The van der Waals surface area contributed by atoms with Gasteiger partial charge in [-0.2, -0.15) is 0 Å². The first kappa shape index (κ1) is 17.9. The Bertz CT molecular complexity index is 609. The highest BCUT2D eigenvalue weighted by atomic mass is 32.2. The number of likely N-dealkylation sites (tertiary alicyclic amines) is 1. The molecule has 0 bridgehead atoms. The van der Waals surface area contributed by atoms with Crippen LogP contribution < -0.4 is 0 Å². The predicted octanol–water partition coefficient (Wildman–Crippen LogP) is 0.706. The number of rotatable bonds is 6. The number of carbonyl (C=O) groups is 1. The van der Waals surface area contributed by atoms with Gasteiger partial charge in [0.2, 0.25) is 0 Å². The Morgan fingerprint density at radius 2 is 1.91 bits per heavy atom. The molecule has 0 amide bonds. The average molecular weight is 341 g/mol. The van der Waals surface area contributed by atoms with Gasteiger partial charge in [0.15, 0.2) is 15.9 Å². The molecular weight excluding hydrogens is 318 g/mol. The lowest BCUT2D eigenvalue weighted by Crippen LogP contribution is -2.42. The topological polar surface area (TPSA) is 83.9 Å². The van der Waals surface area contributed by atoms with E-state index in [1.54, 1.807) is 30.3 Å². The summed E-state index contributed by atoms with van der Waals surface area (Å²) in [7, 11) is -2.01. The molecule has 1 fully saturated rings. The fourth-order valence-corrected chi connectivity index (χ4v) is 4.11. The van der Waals surface area contributed by atoms with Gasteiger partial charge in [-0.05, 0) is 44.0 Å². The normalized spacial score (nSPS) is 18.5. The molecular formula is C16H23NO5S. The summed E-state index contributed by atoms with van der Waals surface area (Å²) in [4.78, 5) is 13.7. The Morgan fingerprint density at radius 1 is 1.30 bits per heavy atom. The van der Waals surface area contributed by atoms with Crippen LogP contribution >= 0.6 is 0 Å². The fraction of sp³-hybridized carbons (Fsp3) is 0.562. The van der Waals surface area contributed by atoms with E-state index in [0.29, 0.717) is 37.4 Å². The number of sulfone groups is 1. The van der Waals surface area contributed by atoms with Crippen LogP contribution in [0.3, 0.4) is 0 Å². The highest BCUT2D eigenvalue weighted by Gasteiger charge is 2.30. The minimum absolute atomic E-state index is 0.0707. The molecule has 0 radical (unpaired) electrons. The Balaban J connectivity index is 1.82. The van der Waals surface area contributed by atoms with Crippen molar-refractivity contribution in [1.29, 1.82) is 0 Å². The second-order valence-corrected chi connectivity index (χ2v) is 7.89. The van der Waals surface area contributed by atoms with Crippen LogP contribution in [0.4, 0.5) is 0 Å². The van der Waals surface area contributed by atoms with Gasteiger partial charge in [-0.25, -0.2) is 13.2 Å². The number of esters is 1. The van der Waals surface area contributed by atoms with Gasteiger partial charge < -0.3 is 14.7 Å². The van der Waals surface area contributed by atoms with Crippen molar-refractivity contribution < 1.29 is 23.1 Å². The van der Waals surface area contributed by atoms with E-state index in [2.05, 4.69) is 9.64 Å². The smallest absolute Gasteiger partial charge is 0.334 e. The number of piperidine rings is 1. The highest BCUT2D eigenvalue weighted by molar-refractivity contribution is 7.91. The zero-order valence-electron chi connectivity index (χ0n) is 13.2. The largest absolute Gasteiger partial charge is 0.467 e. The van der Waals surface area contributed by atoms with E-state index in [1.165, 1.54) is 7.11 Å². The summed E-state index contributed by atoms with van der Waals surface area (Å²) >= 11 is 0. The number of hydrogen-bond donors (Lipinski definition) is 1. The van der Waals surface area contributed by atoms with E-state index in [9.17, 15) is 18.3 Å². The molecule has 0 aliphatic carbocycles. The zero-order chi connectivity index (χ0) is 16.9. The number of hydrogen-bond acceptors (Lipinski definition) is 6. The van der Waals surface area contributed by atoms with Gasteiger partial charge in [-0.3, -0.25) is 0 Å². The summed E-state index contributed by atoms with van der Waals surface area (Å²) < 4.78 is 29.0. The number of aliphatic hydroxyl groups excluding tert-OH is 1. The molecule has 0 unspecified atom stereocenters. The first-order valence-corrected chi connectivity index (χ1v) is 9.35. The van der Waals surface area contributed by atoms with E-state index in [0.717, 1.165) is 0 Å². The summed E-state index contributed by atoms with van der Waals surface area (Å²) in [6.45, 7) is 1.80. The van der Waals surface area contributed by atoms with Crippen LogP contribution in [0.15, 0.2) is 35.2 Å². The van der Waals surface area contributed by atoms with Crippen LogP contribution in [0.2, 0.25) is 0 Å². The van der Waals surface area contributed by atoms with Gasteiger partial charge in [0.05, 0.1) is 17.8 Å². The number of nitrogens with zero attached hydrogens (tertiary/aromatic N) is 1. The van der Waals surface area contributed by atoms with Gasteiger partial charge in [0.1, 0.15) is 0 Å². The van der Waals surface area contributed by atoms with Crippen LogP contribution in [-0.2, 0) is 19.4 Å². The van der Waals surface area contributed by atoms with E-state index >= 15 is 0 Å². The van der Waals surface area contributed by atoms with Gasteiger partial charge in [0.25, 0.3) is 0 Å². The molecule has 0 spiro atoms. The molecule has 2 rings (SSSR count). The van der Waals surface area contributed by atoms with Crippen molar-refractivity contribution in [3.8, 4) is 0 Å². The third-order valence-corrected chi connectivity index (χ3v) is 6.01. The molecule has 1 aromatic carbocycles. The minimum Gasteiger partial charge on any atom is -0.467 e. The lowest BCUT2D eigenvalue weighted by atomic mass is 9.91. The van der Waals surface area contributed by atoms with Crippen LogP contribution in [0.5, 0.6) is 0 Å². The minimum atomic E-state index is -3.27. The maximum Gasteiger partial charge on any atom is 0.334 e. The second kappa shape index (κ2) is 7.90. The summed E-state index contributed by atoms with van der Waals surface area (Å²) in [5, 5.41) is 9.85. The third kappa shape index (κ3) is 4.76. The Hall–Kier alpha value is -1.44. The van der Waals surface area contributed by atoms with Gasteiger partial charge >= 0.3 is 5.97 Å². The van der Waals surface area contributed by atoms with Crippen molar-refractivity contribution in [2.75, 3.05) is 32.5 Å². The Labute approximate surface area is 137 Å². The van der Waals surface area contributed by atoms with Crippen molar-refractivity contribution in [2.24, 2.45) is 5.92 Å². The van der Waals surface area contributed by atoms with Crippen molar-refractivity contribution in [1.82, 2.24) is 4.90 Å². The van der Waals surface area contributed by atoms with E-state index in [-0.39, 0.29) is 11.7 Å². The summed E-state index contributed by atoms with van der Waals surface area (Å²) in [5.74, 6) is -0.652. The third-order valence-electron chi connectivity index (χ3n) is 4.30. The predicted molar refractivity (Wildman–Crippen MR) is 85.7 cm³/mol. The maximum atomic E-state index is 12.2. The van der Waals surface area contributed by atoms with E-state index in [4.69, 9.17) is 0 Å². The summed E-state index contributed by atoms with van der Waals surface area (Å²) in [5.41, 5.74) is 0. The zero-order valence-corrected chi connectivity index (χ0v) is 14.0. The van der Waals surface area contributed by atoms with Crippen molar-refractivity contribution in [3.63, 3.8) is 0 Å². The molecule has 6 nitrogen and oxygen atoms in total. The van der Waals surface area contributed by atoms with Crippen molar-refractivity contribution in [2.45, 2.75) is 23.8 Å². The molecule has 1 heterocycles. The molecule has 1 N–H and O–H groups in total. The fourth-order valence-electron chi connectivity index (χ4n) is 2.80. The van der Waals surface area contributed by atoms with Gasteiger partial charge in [-0.1, -0.05) is 18.2 Å². The lowest BCUT2D eigenvalue weighted by Gasteiger charge is -2.33. The highest BCUT2D eigenvalue weighted by Crippen LogP contribution is 2.22. The molecule has 1 atom stereocenters. The van der Waals surface area contributed by atoms with Crippen LogP contribution in [-0.4, -0.2) is 63.0 Å². The van der Waals surface area contributed by atoms with Crippen molar-refractivity contribution >= 4 is 15.8 Å². The first-order chi connectivity index (χ1) is 10.9. The van der Waals surface area contributed by atoms with Crippen LogP contribution in [0.1, 0.15) is 12.8 Å². The SMILES string of the molecule is COC(=O)[C@@H](O)C1CCN(CCS(=O)(=O)c2ccccc2)CC1. The molecule has 1 aliphatic rings. The lowest BCUT2D eigenvalue weighted by molar-refractivity contribution is -0.154. The monoisotopic (exact) mass is 341 g/mol. The number of benzene rings is 1. The molecule has 128 valence electrons. The summed E-state index contributed by atoms with van der Waals surface area (Å²) in [6.07, 6.45) is 0.221. The quantitative estimate of drug-likeness (QED) is 0.767. The number of ether oxygens (including phenoxy) is 1. The molecule has 0 saturated carbocycles. The maximum absolute atomic E-state index is 12.2. The number of methoxy groups -OCH3 is 1. The molecule has 1 aliphatic heterocycles. The molecule has 0 aromatic heterocycles. The molecule has 7 heteroatoms. The number of carbonyl (C=O) groups excluding carboxylic acids is 1. The summed E-state index contributed by atoms with van der Waals surface area (Å²) in [6, 6.07) is 8.43. The van der Waals surface area contributed by atoms with E-state index in [1.807, 2.05) is 0 Å². The number of aliphatic hydroxyl groups is 1. The Morgan fingerprint density at radius 3 is 2.48 bits per heavy atom. The van der Waals surface area contributed by atoms with Crippen molar-refractivity contribution in [3.05, 3.63) is 30.3 Å². The van der Waals surface area contributed by atoms with Gasteiger partial charge in [-0.15, -0.1) is 0 Å². The van der Waals surface area contributed by atoms with Gasteiger partial charge in [0, 0.05) is 6.54 Å². The van der Waals surface area contributed by atoms with E-state index < -0.39 is 21.9 Å². The first-order valence-electron chi connectivity index (χ1n) is 7.70. The standard InChI is InChI=1S/C16H23NO5S/c1-22-16(19)15(18)13-7-9-17(10-8-13)11-12-23(20,21)14-5-3-2-4-6-14/h2-6,13,15,18H,7-12H2,1H3/t15-/m0/s1. The second-order valence-electron chi connectivity index (χ2n) is 5.78. The molecule has 1 aromatic rings. The Kier molecular flexibility index (Phi) is 6.15. The molecule has 1 saturated heterocycles. The van der Waals surface area contributed by atoms with Crippen LogP contribution in [0, 0.1) is 5.92 Å².